The molecule has 1 aromatic heterocycles. The van der Waals surface area contributed by atoms with Crippen LogP contribution in [-0.2, 0) is 6.42 Å². The van der Waals surface area contributed by atoms with Crippen LogP contribution < -0.4 is 10.6 Å². The zero-order chi connectivity index (χ0) is 14.8. The Balaban J connectivity index is 2.13. The standard InChI is InChI=1S/C13H19F3N4/c1-2-3-10-11(17)18-8-19-12(10)20-6-4-9(5-7-20)13(14,15)16/h8-9H,2-7H2,1H3,(H2,17,18,19). The van der Waals surface area contributed by atoms with Crippen LogP contribution in [0.15, 0.2) is 6.33 Å². The van der Waals surface area contributed by atoms with Gasteiger partial charge in [-0.15, -0.1) is 0 Å². The molecule has 2 rings (SSSR count). The topological polar surface area (TPSA) is 55.0 Å². The number of aromatic nitrogens is 2. The summed E-state index contributed by atoms with van der Waals surface area (Å²) in [7, 11) is 0. The van der Waals surface area contributed by atoms with Crippen LogP contribution >= 0.6 is 0 Å². The van der Waals surface area contributed by atoms with Gasteiger partial charge in [0.25, 0.3) is 0 Å². The smallest absolute Gasteiger partial charge is 0.383 e. The van der Waals surface area contributed by atoms with Gasteiger partial charge in [0, 0.05) is 18.7 Å². The second kappa shape index (κ2) is 5.85. The van der Waals surface area contributed by atoms with E-state index in [9.17, 15) is 13.2 Å². The first kappa shape index (κ1) is 14.9. The molecule has 1 aliphatic heterocycles. The van der Waals surface area contributed by atoms with Crippen LogP contribution in [0, 0.1) is 5.92 Å². The lowest BCUT2D eigenvalue weighted by Crippen LogP contribution is -2.39. The molecule has 20 heavy (non-hydrogen) atoms. The molecule has 112 valence electrons. The Morgan fingerprint density at radius 2 is 1.95 bits per heavy atom. The normalized spacial score (nSPS) is 17.5. The van der Waals surface area contributed by atoms with Crippen LogP contribution in [0.3, 0.4) is 0 Å². The highest BCUT2D eigenvalue weighted by Crippen LogP contribution is 2.36. The third-order valence-corrected chi connectivity index (χ3v) is 3.71. The highest BCUT2D eigenvalue weighted by Gasteiger charge is 2.41. The monoisotopic (exact) mass is 288 g/mol. The maximum Gasteiger partial charge on any atom is 0.391 e. The van der Waals surface area contributed by atoms with Gasteiger partial charge >= 0.3 is 6.18 Å². The van der Waals surface area contributed by atoms with Gasteiger partial charge in [-0.25, -0.2) is 9.97 Å². The minimum absolute atomic E-state index is 0.110. The Kier molecular flexibility index (Phi) is 4.35. The summed E-state index contributed by atoms with van der Waals surface area (Å²) in [6, 6.07) is 0. The second-order valence-electron chi connectivity index (χ2n) is 5.11. The maximum absolute atomic E-state index is 12.7. The van der Waals surface area contributed by atoms with E-state index >= 15 is 0 Å². The van der Waals surface area contributed by atoms with E-state index in [1.54, 1.807) is 0 Å². The van der Waals surface area contributed by atoms with Crippen LogP contribution in [0.1, 0.15) is 31.7 Å². The van der Waals surface area contributed by atoms with Gasteiger partial charge in [-0.3, -0.25) is 0 Å². The SMILES string of the molecule is CCCc1c(N)ncnc1N1CCC(C(F)(F)F)CC1. The van der Waals surface area contributed by atoms with E-state index in [-0.39, 0.29) is 12.8 Å². The van der Waals surface area contributed by atoms with Gasteiger partial charge in [-0.2, -0.15) is 13.2 Å². The zero-order valence-electron chi connectivity index (χ0n) is 11.5. The largest absolute Gasteiger partial charge is 0.391 e. The van der Waals surface area contributed by atoms with Crippen molar-refractivity contribution in [1.82, 2.24) is 9.97 Å². The van der Waals surface area contributed by atoms with Crippen molar-refractivity contribution >= 4 is 11.6 Å². The quantitative estimate of drug-likeness (QED) is 0.929. The number of anilines is 2. The molecule has 0 aromatic carbocycles. The zero-order valence-corrected chi connectivity index (χ0v) is 11.5. The van der Waals surface area contributed by atoms with Gasteiger partial charge in [-0.05, 0) is 19.3 Å². The second-order valence-corrected chi connectivity index (χ2v) is 5.11. The minimum atomic E-state index is -4.09. The molecule has 0 saturated carbocycles. The van der Waals surface area contributed by atoms with E-state index < -0.39 is 12.1 Å². The molecule has 2 N–H and O–H groups in total. The van der Waals surface area contributed by atoms with Gasteiger partial charge < -0.3 is 10.6 Å². The summed E-state index contributed by atoms with van der Waals surface area (Å²) in [5.74, 6) is -0.0812. The van der Waals surface area contributed by atoms with Crippen molar-refractivity contribution in [2.24, 2.45) is 5.92 Å². The Morgan fingerprint density at radius 1 is 1.30 bits per heavy atom. The number of halogens is 3. The van der Waals surface area contributed by atoms with E-state index in [4.69, 9.17) is 5.73 Å². The molecule has 0 amide bonds. The number of rotatable bonds is 3. The predicted molar refractivity (Wildman–Crippen MR) is 71.4 cm³/mol. The lowest BCUT2D eigenvalue weighted by molar-refractivity contribution is -0.179. The summed E-state index contributed by atoms with van der Waals surface area (Å²) in [6.07, 6.45) is -0.870. The van der Waals surface area contributed by atoms with Crippen molar-refractivity contribution in [3.8, 4) is 0 Å². The third-order valence-electron chi connectivity index (χ3n) is 3.71. The lowest BCUT2D eigenvalue weighted by Gasteiger charge is -2.34. The summed E-state index contributed by atoms with van der Waals surface area (Å²) in [5.41, 5.74) is 6.70. The van der Waals surface area contributed by atoms with E-state index in [1.807, 2.05) is 11.8 Å². The van der Waals surface area contributed by atoms with Crippen molar-refractivity contribution < 1.29 is 13.2 Å². The van der Waals surface area contributed by atoms with Gasteiger partial charge in [0.05, 0.1) is 5.92 Å². The first-order valence-electron chi connectivity index (χ1n) is 6.84. The summed E-state index contributed by atoms with van der Waals surface area (Å²) < 4.78 is 38.0. The number of nitrogen functional groups attached to an aromatic ring is 1. The van der Waals surface area contributed by atoms with Gasteiger partial charge in [0.15, 0.2) is 0 Å². The first-order valence-corrected chi connectivity index (χ1v) is 6.84. The molecule has 1 aliphatic rings. The molecule has 1 saturated heterocycles. The molecular weight excluding hydrogens is 269 g/mol. The average Bonchev–Trinajstić information content (AvgIpc) is 2.40. The van der Waals surface area contributed by atoms with E-state index in [0.717, 1.165) is 18.4 Å². The summed E-state index contributed by atoms with van der Waals surface area (Å²) >= 11 is 0. The molecule has 1 aromatic rings. The molecule has 0 spiro atoms. The van der Waals surface area contributed by atoms with E-state index in [1.165, 1.54) is 6.33 Å². The number of nitrogens with two attached hydrogens (primary N) is 1. The van der Waals surface area contributed by atoms with Crippen molar-refractivity contribution in [2.45, 2.75) is 38.8 Å². The highest BCUT2D eigenvalue weighted by atomic mass is 19.4. The molecule has 2 heterocycles. The van der Waals surface area contributed by atoms with Gasteiger partial charge in [0.1, 0.15) is 18.0 Å². The summed E-state index contributed by atoms with van der Waals surface area (Å²) in [6.45, 7) is 2.74. The van der Waals surface area contributed by atoms with Crippen LogP contribution in [0.5, 0.6) is 0 Å². The number of nitrogens with zero attached hydrogens (tertiary/aromatic N) is 3. The van der Waals surface area contributed by atoms with Crippen LogP contribution in [-0.4, -0.2) is 29.2 Å². The Hall–Kier alpha value is -1.53. The van der Waals surface area contributed by atoms with E-state index in [2.05, 4.69) is 9.97 Å². The van der Waals surface area contributed by atoms with Gasteiger partial charge in [-0.1, -0.05) is 13.3 Å². The van der Waals surface area contributed by atoms with Crippen molar-refractivity contribution in [2.75, 3.05) is 23.7 Å². The molecule has 7 heteroatoms. The van der Waals surface area contributed by atoms with Gasteiger partial charge in [0.2, 0.25) is 0 Å². The maximum atomic E-state index is 12.7. The molecule has 0 aliphatic carbocycles. The first-order chi connectivity index (χ1) is 9.43. The van der Waals surface area contributed by atoms with Crippen molar-refractivity contribution in [1.29, 1.82) is 0 Å². The van der Waals surface area contributed by atoms with Crippen LogP contribution in [0.4, 0.5) is 24.8 Å². The average molecular weight is 288 g/mol. The fourth-order valence-electron chi connectivity index (χ4n) is 2.60. The molecule has 4 nitrogen and oxygen atoms in total. The number of hydrogen-bond donors (Lipinski definition) is 1. The van der Waals surface area contributed by atoms with E-state index in [0.29, 0.717) is 24.7 Å². The lowest BCUT2D eigenvalue weighted by atomic mass is 9.96. The van der Waals surface area contributed by atoms with Crippen LogP contribution in [0.25, 0.3) is 0 Å². The summed E-state index contributed by atoms with van der Waals surface area (Å²) in [5, 5.41) is 0. The Bertz CT molecular complexity index is 453. The Labute approximate surface area is 116 Å². The van der Waals surface area contributed by atoms with Crippen LogP contribution in [0.2, 0.25) is 0 Å². The third kappa shape index (κ3) is 3.13. The number of alkyl halides is 3. The number of piperidine rings is 1. The molecule has 0 bridgehead atoms. The number of hydrogen-bond acceptors (Lipinski definition) is 4. The summed E-state index contributed by atoms with van der Waals surface area (Å²) in [4.78, 5) is 10.1. The predicted octanol–water partition coefficient (Wildman–Crippen LogP) is 2.79. The van der Waals surface area contributed by atoms with Crippen molar-refractivity contribution in [3.05, 3.63) is 11.9 Å². The molecule has 0 atom stereocenters. The fourth-order valence-corrected chi connectivity index (χ4v) is 2.60. The Morgan fingerprint density at radius 3 is 2.50 bits per heavy atom. The fraction of sp³-hybridized carbons (Fsp3) is 0.692. The highest BCUT2D eigenvalue weighted by molar-refractivity contribution is 5.56. The minimum Gasteiger partial charge on any atom is -0.383 e. The molecular formula is C13H19F3N4. The molecule has 1 fully saturated rings. The molecule has 0 unspecified atom stereocenters. The molecule has 0 radical (unpaired) electrons. The van der Waals surface area contributed by atoms with Crippen molar-refractivity contribution in [3.63, 3.8) is 0 Å².